The molecular weight excluding hydrogens is 234 g/mol. The predicted molar refractivity (Wildman–Crippen MR) is 59.1 cm³/mol. The molecule has 0 heterocycles. The maximum Gasteiger partial charge on any atom is 0.310 e. The van der Waals surface area contributed by atoms with Crippen LogP contribution in [0.5, 0.6) is 0 Å². The van der Waals surface area contributed by atoms with Crippen molar-refractivity contribution in [1.29, 1.82) is 5.26 Å². The molecule has 0 fully saturated rings. The molecule has 0 aliphatic carbocycles. The number of benzene rings is 1. The largest absolute Gasteiger partial charge is 0.469 e. The fourth-order valence-corrected chi connectivity index (χ4v) is 1.66. The van der Waals surface area contributed by atoms with Gasteiger partial charge in [0.1, 0.15) is 6.07 Å². The summed E-state index contributed by atoms with van der Waals surface area (Å²) in [6.45, 7) is 0. The van der Waals surface area contributed by atoms with Crippen LogP contribution in [0.2, 0.25) is 5.02 Å². The highest BCUT2D eigenvalue weighted by Gasteiger charge is 2.12. The number of hydrogen-bond acceptors (Lipinski definition) is 4. The first-order chi connectivity index (χ1) is 7.10. The number of hydrogen-bond donors (Lipinski definition) is 1. The third-order valence-corrected chi connectivity index (χ3v) is 2.68. The quantitative estimate of drug-likeness (QED) is 0.638. The minimum absolute atomic E-state index is 0.0536. The van der Waals surface area contributed by atoms with Crippen LogP contribution in [0.15, 0.2) is 17.0 Å². The lowest BCUT2D eigenvalue weighted by atomic mass is 10.1. The molecule has 1 rings (SSSR count). The van der Waals surface area contributed by atoms with E-state index < -0.39 is 5.97 Å². The van der Waals surface area contributed by atoms with Crippen molar-refractivity contribution in [2.45, 2.75) is 11.3 Å². The van der Waals surface area contributed by atoms with Gasteiger partial charge in [-0.25, -0.2) is 0 Å². The Hall–Kier alpha value is -1.18. The van der Waals surface area contributed by atoms with Gasteiger partial charge in [0.25, 0.3) is 0 Å². The number of nitriles is 1. The molecule has 0 atom stereocenters. The molecular formula is C10H8ClNO2S. The lowest BCUT2D eigenvalue weighted by Gasteiger charge is -2.06. The van der Waals surface area contributed by atoms with Gasteiger partial charge in [-0.3, -0.25) is 4.79 Å². The molecule has 0 aliphatic heterocycles. The summed E-state index contributed by atoms with van der Waals surface area (Å²) in [5.41, 5.74) is 0.847. The van der Waals surface area contributed by atoms with E-state index in [0.29, 0.717) is 10.5 Å². The molecule has 0 unspecified atom stereocenters. The molecule has 0 saturated carbocycles. The molecule has 0 spiro atoms. The first kappa shape index (κ1) is 11.9. The number of thiol groups is 1. The molecule has 3 nitrogen and oxygen atoms in total. The molecule has 0 amide bonds. The van der Waals surface area contributed by atoms with Crippen molar-refractivity contribution in [3.63, 3.8) is 0 Å². The molecule has 15 heavy (non-hydrogen) atoms. The Balaban J connectivity index is 3.12. The Morgan fingerprint density at radius 3 is 2.87 bits per heavy atom. The van der Waals surface area contributed by atoms with Gasteiger partial charge in [0.05, 0.1) is 24.1 Å². The van der Waals surface area contributed by atoms with Gasteiger partial charge in [0.2, 0.25) is 0 Å². The van der Waals surface area contributed by atoms with E-state index in [4.69, 9.17) is 16.9 Å². The smallest absolute Gasteiger partial charge is 0.310 e. The van der Waals surface area contributed by atoms with Gasteiger partial charge in [0, 0.05) is 4.90 Å². The van der Waals surface area contributed by atoms with E-state index in [9.17, 15) is 4.79 Å². The van der Waals surface area contributed by atoms with Crippen LogP contribution in [0.25, 0.3) is 0 Å². The van der Waals surface area contributed by atoms with Crippen molar-refractivity contribution in [1.82, 2.24) is 0 Å². The van der Waals surface area contributed by atoms with Crippen LogP contribution in [0.3, 0.4) is 0 Å². The Morgan fingerprint density at radius 2 is 2.33 bits per heavy atom. The van der Waals surface area contributed by atoms with Crippen LogP contribution < -0.4 is 0 Å². The minimum Gasteiger partial charge on any atom is -0.469 e. The third-order valence-electron chi connectivity index (χ3n) is 1.87. The van der Waals surface area contributed by atoms with Crippen LogP contribution in [-0.2, 0) is 16.0 Å². The summed E-state index contributed by atoms with van der Waals surface area (Å²) in [4.78, 5) is 11.5. The van der Waals surface area contributed by atoms with Gasteiger partial charge in [-0.1, -0.05) is 17.7 Å². The number of nitrogens with zero attached hydrogens (tertiary/aromatic N) is 1. The summed E-state index contributed by atoms with van der Waals surface area (Å²) in [6, 6.07) is 5.22. The number of carbonyl (C=O) groups excluding carboxylic acids is 1. The van der Waals surface area contributed by atoms with Crippen LogP contribution in [0.1, 0.15) is 11.1 Å². The molecule has 5 heteroatoms. The summed E-state index contributed by atoms with van der Waals surface area (Å²) >= 11 is 10.0. The number of ether oxygens (including phenoxy) is 1. The molecule has 1 aromatic rings. The van der Waals surface area contributed by atoms with E-state index >= 15 is 0 Å². The second kappa shape index (κ2) is 5.06. The molecule has 78 valence electrons. The molecule has 0 N–H and O–H groups in total. The average Bonchev–Trinajstić information content (AvgIpc) is 2.23. The Labute approximate surface area is 98.0 Å². The first-order valence-electron chi connectivity index (χ1n) is 4.07. The second-order valence-electron chi connectivity index (χ2n) is 2.80. The van der Waals surface area contributed by atoms with E-state index in [1.165, 1.54) is 7.11 Å². The molecule has 0 aliphatic rings. The van der Waals surface area contributed by atoms with Crippen molar-refractivity contribution in [2.75, 3.05) is 7.11 Å². The van der Waals surface area contributed by atoms with E-state index in [2.05, 4.69) is 17.4 Å². The van der Waals surface area contributed by atoms with E-state index in [1.807, 2.05) is 6.07 Å². The van der Waals surface area contributed by atoms with Gasteiger partial charge in [-0.15, -0.1) is 12.6 Å². The zero-order chi connectivity index (χ0) is 11.4. The molecule has 1 aromatic carbocycles. The summed E-state index contributed by atoms with van der Waals surface area (Å²) in [5.74, 6) is -0.396. The van der Waals surface area contributed by atoms with Gasteiger partial charge in [-0.2, -0.15) is 5.26 Å². The topological polar surface area (TPSA) is 50.1 Å². The predicted octanol–water partition coefficient (Wildman–Crippen LogP) is 2.22. The van der Waals surface area contributed by atoms with Crippen molar-refractivity contribution < 1.29 is 9.53 Å². The van der Waals surface area contributed by atoms with Crippen LogP contribution in [0.4, 0.5) is 0 Å². The van der Waals surface area contributed by atoms with Gasteiger partial charge in [0.15, 0.2) is 0 Å². The number of carbonyl (C=O) groups is 1. The lowest BCUT2D eigenvalue weighted by molar-refractivity contribution is -0.139. The Morgan fingerprint density at radius 1 is 1.67 bits per heavy atom. The van der Waals surface area contributed by atoms with Gasteiger partial charge < -0.3 is 4.74 Å². The Kier molecular flexibility index (Phi) is 4.01. The second-order valence-corrected chi connectivity index (χ2v) is 3.66. The standard InChI is InChI=1S/C10H8ClNO2S/c1-14-9(13)4-6-2-3-8(15)7(5-12)10(6)11/h2-3,15H,4H2,1H3. The van der Waals surface area contributed by atoms with Gasteiger partial charge >= 0.3 is 5.97 Å². The maximum atomic E-state index is 11.0. The third kappa shape index (κ3) is 2.65. The molecule has 0 bridgehead atoms. The number of methoxy groups -OCH3 is 1. The van der Waals surface area contributed by atoms with Crippen molar-refractivity contribution in [3.05, 3.63) is 28.3 Å². The van der Waals surface area contributed by atoms with E-state index in [0.717, 1.165) is 0 Å². The lowest BCUT2D eigenvalue weighted by Crippen LogP contribution is -2.05. The summed E-state index contributed by atoms with van der Waals surface area (Å²) in [5, 5.41) is 9.08. The van der Waals surface area contributed by atoms with Crippen LogP contribution in [0, 0.1) is 11.3 Å². The molecule has 0 saturated heterocycles. The van der Waals surface area contributed by atoms with Crippen molar-refractivity contribution in [3.8, 4) is 6.07 Å². The highest BCUT2D eigenvalue weighted by Crippen LogP contribution is 2.26. The summed E-state index contributed by atoms with van der Waals surface area (Å²) in [7, 11) is 1.30. The maximum absolute atomic E-state index is 11.0. The number of esters is 1. The normalized spacial score (nSPS) is 9.47. The monoisotopic (exact) mass is 241 g/mol. The first-order valence-corrected chi connectivity index (χ1v) is 4.90. The SMILES string of the molecule is COC(=O)Cc1ccc(S)c(C#N)c1Cl. The van der Waals surface area contributed by atoms with Crippen molar-refractivity contribution >= 4 is 30.2 Å². The van der Waals surface area contributed by atoms with E-state index in [-0.39, 0.29) is 17.0 Å². The molecule has 0 radical (unpaired) electrons. The highest BCUT2D eigenvalue weighted by molar-refractivity contribution is 7.80. The fraction of sp³-hybridized carbons (Fsp3) is 0.200. The van der Waals surface area contributed by atoms with Crippen molar-refractivity contribution in [2.24, 2.45) is 0 Å². The van der Waals surface area contributed by atoms with Crippen LogP contribution in [-0.4, -0.2) is 13.1 Å². The van der Waals surface area contributed by atoms with E-state index in [1.54, 1.807) is 12.1 Å². The molecule has 0 aromatic heterocycles. The summed E-state index contributed by atoms with van der Waals surface area (Å²) < 4.78 is 4.51. The minimum atomic E-state index is -0.396. The van der Waals surface area contributed by atoms with Gasteiger partial charge in [-0.05, 0) is 11.6 Å². The summed E-state index contributed by atoms with van der Waals surface area (Å²) in [6.07, 6.45) is 0.0536. The highest BCUT2D eigenvalue weighted by atomic mass is 35.5. The Bertz CT molecular complexity index is 440. The number of halogens is 1. The number of rotatable bonds is 2. The average molecular weight is 242 g/mol. The fourth-order valence-electron chi connectivity index (χ4n) is 1.08. The zero-order valence-electron chi connectivity index (χ0n) is 7.95. The zero-order valence-corrected chi connectivity index (χ0v) is 9.60. The van der Waals surface area contributed by atoms with Crippen LogP contribution >= 0.6 is 24.2 Å².